The molecule has 2 aromatic rings. The number of pyridine rings is 1. The Balaban J connectivity index is 2.25. The van der Waals surface area contributed by atoms with Crippen LogP contribution >= 0.6 is 15.9 Å². The van der Waals surface area contributed by atoms with Gasteiger partial charge in [0.05, 0.1) is 11.6 Å². The van der Waals surface area contributed by atoms with Crippen LogP contribution in [0.25, 0.3) is 0 Å². The van der Waals surface area contributed by atoms with Gasteiger partial charge >= 0.3 is 0 Å². The van der Waals surface area contributed by atoms with Gasteiger partial charge in [0.2, 0.25) is 0 Å². The molecule has 4 heteroatoms. The summed E-state index contributed by atoms with van der Waals surface area (Å²) >= 11 is 3.47. The van der Waals surface area contributed by atoms with Gasteiger partial charge in [-0.2, -0.15) is 0 Å². The van der Waals surface area contributed by atoms with Gasteiger partial charge in [-0.25, -0.2) is 0 Å². The molecule has 17 heavy (non-hydrogen) atoms. The Morgan fingerprint density at radius 3 is 2.82 bits per heavy atom. The van der Waals surface area contributed by atoms with Crippen LogP contribution in [0.4, 0.5) is 5.69 Å². The lowest BCUT2D eigenvalue weighted by atomic mass is 10.1. The normalized spacial score (nSPS) is 10.2. The quantitative estimate of drug-likeness (QED) is 0.946. The van der Waals surface area contributed by atoms with Crippen LogP contribution in [-0.4, -0.2) is 12.1 Å². The summed E-state index contributed by atoms with van der Waals surface area (Å²) in [5.41, 5.74) is 8.85. The Morgan fingerprint density at radius 1 is 1.35 bits per heavy atom. The van der Waals surface area contributed by atoms with Gasteiger partial charge in [0.1, 0.15) is 5.75 Å². The van der Waals surface area contributed by atoms with Crippen LogP contribution in [-0.2, 0) is 6.42 Å². The molecule has 0 amide bonds. The van der Waals surface area contributed by atoms with Crippen LogP contribution in [0.2, 0.25) is 0 Å². The van der Waals surface area contributed by atoms with E-state index >= 15 is 0 Å². The molecule has 0 bridgehead atoms. The van der Waals surface area contributed by atoms with Crippen molar-refractivity contribution in [3.05, 3.63) is 52.3 Å². The van der Waals surface area contributed by atoms with Crippen molar-refractivity contribution in [3.8, 4) is 5.75 Å². The van der Waals surface area contributed by atoms with E-state index < -0.39 is 0 Å². The lowest BCUT2D eigenvalue weighted by Crippen LogP contribution is -1.96. The molecular formula is C13H13BrN2O. The summed E-state index contributed by atoms with van der Waals surface area (Å²) in [7, 11) is 1.65. The number of methoxy groups -OCH3 is 1. The van der Waals surface area contributed by atoms with Crippen molar-refractivity contribution in [3.63, 3.8) is 0 Å². The number of anilines is 1. The molecule has 0 radical (unpaired) electrons. The number of nitrogens with zero attached hydrogens (tertiary/aromatic N) is 1. The van der Waals surface area contributed by atoms with Crippen molar-refractivity contribution in [2.75, 3.05) is 12.8 Å². The topological polar surface area (TPSA) is 48.1 Å². The maximum Gasteiger partial charge on any atom is 0.133 e. The highest BCUT2D eigenvalue weighted by molar-refractivity contribution is 9.10. The summed E-state index contributed by atoms with van der Waals surface area (Å²) < 4.78 is 6.13. The van der Waals surface area contributed by atoms with Crippen molar-refractivity contribution in [1.29, 1.82) is 0 Å². The molecule has 2 rings (SSSR count). The third-order valence-corrected chi connectivity index (χ3v) is 3.17. The molecule has 0 aliphatic carbocycles. The summed E-state index contributed by atoms with van der Waals surface area (Å²) in [6, 6.07) is 7.81. The summed E-state index contributed by atoms with van der Waals surface area (Å²) in [5.74, 6) is 0.827. The van der Waals surface area contributed by atoms with Crippen LogP contribution in [0.5, 0.6) is 5.75 Å². The number of halogens is 1. The van der Waals surface area contributed by atoms with Crippen LogP contribution in [0.15, 0.2) is 41.1 Å². The number of aromatic nitrogens is 1. The van der Waals surface area contributed by atoms with Gasteiger partial charge in [0.25, 0.3) is 0 Å². The van der Waals surface area contributed by atoms with Gasteiger partial charge in [-0.3, -0.25) is 4.98 Å². The largest absolute Gasteiger partial charge is 0.496 e. The fourth-order valence-electron chi connectivity index (χ4n) is 1.63. The number of hydrogen-bond acceptors (Lipinski definition) is 3. The molecular weight excluding hydrogens is 280 g/mol. The lowest BCUT2D eigenvalue weighted by molar-refractivity contribution is 0.412. The minimum atomic E-state index is 0.766. The molecule has 2 N–H and O–H groups in total. The van der Waals surface area contributed by atoms with E-state index in [0.29, 0.717) is 0 Å². The number of rotatable bonds is 3. The first-order valence-electron chi connectivity index (χ1n) is 5.21. The second-order valence-corrected chi connectivity index (χ2v) is 4.57. The van der Waals surface area contributed by atoms with Gasteiger partial charge in [0, 0.05) is 24.5 Å². The zero-order chi connectivity index (χ0) is 12.3. The molecule has 0 aliphatic heterocycles. The Labute approximate surface area is 109 Å². The van der Waals surface area contributed by atoms with Crippen molar-refractivity contribution in [1.82, 2.24) is 4.98 Å². The molecule has 1 aromatic carbocycles. The third-order valence-electron chi connectivity index (χ3n) is 2.55. The molecule has 0 aliphatic rings. The van der Waals surface area contributed by atoms with Crippen LogP contribution in [0.1, 0.15) is 11.1 Å². The molecule has 1 heterocycles. The number of hydrogen-bond donors (Lipinski definition) is 1. The number of nitrogen functional groups attached to an aromatic ring is 1. The maximum absolute atomic E-state index is 5.89. The highest BCUT2D eigenvalue weighted by Gasteiger charge is 2.04. The SMILES string of the molecule is COc1ccc(Cc2cnccc2N)cc1Br. The Hall–Kier alpha value is -1.55. The zero-order valence-corrected chi connectivity index (χ0v) is 11.1. The van der Waals surface area contributed by atoms with Crippen molar-refractivity contribution >= 4 is 21.6 Å². The van der Waals surface area contributed by atoms with Gasteiger partial charge < -0.3 is 10.5 Å². The van der Waals surface area contributed by atoms with E-state index in [1.165, 1.54) is 0 Å². The molecule has 1 aromatic heterocycles. The minimum absolute atomic E-state index is 0.766. The molecule has 0 spiro atoms. The van der Waals surface area contributed by atoms with Crippen molar-refractivity contribution in [2.45, 2.75) is 6.42 Å². The minimum Gasteiger partial charge on any atom is -0.496 e. The van der Waals surface area contributed by atoms with E-state index in [4.69, 9.17) is 10.5 Å². The maximum atomic E-state index is 5.89. The second kappa shape index (κ2) is 5.19. The number of nitrogens with two attached hydrogens (primary N) is 1. The Morgan fingerprint density at radius 2 is 2.18 bits per heavy atom. The molecule has 0 atom stereocenters. The summed E-state index contributed by atoms with van der Waals surface area (Å²) in [6.45, 7) is 0. The van der Waals surface area contributed by atoms with Gasteiger partial charge in [0.15, 0.2) is 0 Å². The van der Waals surface area contributed by atoms with E-state index in [-0.39, 0.29) is 0 Å². The molecule has 88 valence electrons. The van der Waals surface area contributed by atoms with Gasteiger partial charge in [-0.05, 0) is 45.3 Å². The predicted octanol–water partition coefficient (Wildman–Crippen LogP) is 3.03. The molecule has 0 saturated carbocycles. The summed E-state index contributed by atoms with van der Waals surface area (Å²) in [6.07, 6.45) is 4.26. The number of benzene rings is 1. The van der Waals surface area contributed by atoms with Gasteiger partial charge in [-0.1, -0.05) is 6.07 Å². The zero-order valence-electron chi connectivity index (χ0n) is 9.48. The van der Waals surface area contributed by atoms with Crippen molar-refractivity contribution < 1.29 is 4.74 Å². The van der Waals surface area contributed by atoms with E-state index in [0.717, 1.165) is 33.5 Å². The van der Waals surface area contributed by atoms with E-state index in [1.807, 2.05) is 24.3 Å². The average Bonchev–Trinajstić information content (AvgIpc) is 2.32. The first-order valence-corrected chi connectivity index (χ1v) is 6.01. The van der Waals surface area contributed by atoms with E-state index in [2.05, 4.69) is 20.9 Å². The Kier molecular flexibility index (Phi) is 3.64. The fourth-order valence-corrected chi connectivity index (χ4v) is 2.21. The second-order valence-electron chi connectivity index (χ2n) is 3.72. The van der Waals surface area contributed by atoms with Crippen LogP contribution < -0.4 is 10.5 Å². The summed E-state index contributed by atoms with van der Waals surface area (Å²) in [5, 5.41) is 0. The standard InChI is InChI=1S/C13H13BrN2O/c1-17-13-3-2-9(7-11(13)14)6-10-8-16-5-4-12(10)15/h2-5,7-8H,6H2,1H3,(H2,15,16). The number of ether oxygens (including phenoxy) is 1. The van der Waals surface area contributed by atoms with Crippen LogP contribution in [0.3, 0.4) is 0 Å². The predicted molar refractivity (Wildman–Crippen MR) is 72.1 cm³/mol. The molecule has 0 saturated heterocycles. The first kappa shape index (κ1) is 11.9. The van der Waals surface area contributed by atoms with Crippen LogP contribution in [0, 0.1) is 0 Å². The fraction of sp³-hybridized carbons (Fsp3) is 0.154. The third kappa shape index (κ3) is 2.77. The first-order chi connectivity index (χ1) is 8.20. The molecule has 0 fully saturated rings. The smallest absolute Gasteiger partial charge is 0.133 e. The molecule has 0 unspecified atom stereocenters. The van der Waals surface area contributed by atoms with Crippen molar-refractivity contribution in [2.24, 2.45) is 0 Å². The summed E-state index contributed by atoms with van der Waals surface area (Å²) in [4.78, 5) is 4.08. The molecule has 3 nitrogen and oxygen atoms in total. The van der Waals surface area contributed by atoms with E-state index in [1.54, 1.807) is 19.5 Å². The highest BCUT2D eigenvalue weighted by atomic mass is 79.9. The highest BCUT2D eigenvalue weighted by Crippen LogP contribution is 2.27. The average molecular weight is 293 g/mol. The lowest BCUT2D eigenvalue weighted by Gasteiger charge is -2.07. The monoisotopic (exact) mass is 292 g/mol. The van der Waals surface area contributed by atoms with E-state index in [9.17, 15) is 0 Å². The Bertz CT molecular complexity index is 529. The van der Waals surface area contributed by atoms with Gasteiger partial charge in [-0.15, -0.1) is 0 Å².